The maximum Gasteiger partial charge on any atom is 0.238 e. The number of para-hydroxylation sites is 2. The molecule has 26 heavy (non-hydrogen) atoms. The Morgan fingerprint density at radius 2 is 1.96 bits per heavy atom. The molecule has 1 heterocycles. The standard InChI is InChI=1S/C21H19N3O2/c1-26-19-8-4-6-16-10-12-17(23-21(16)19)11-9-15-5-2-3-7-18(15)24-20(25)13-14-22/h2-8,10,12H,9,11,13H2,1H3,(H,24,25). The number of carbonyl (C=O) groups excluding carboxylic acids is 1. The van der Waals surface area contributed by atoms with Crippen molar-refractivity contribution in [3.8, 4) is 11.8 Å². The number of nitriles is 1. The molecule has 0 fully saturated rings. The van der Waals surface area contributed by atoms with Crippen LogP contribution in [0.3, 0.4) is 0 Å². The number of carbonyl (C=O) groups is 1. The summed E-state index contributed by atoms with van der Waals surface area (Å²) in [4.78, 5) is 16.4. The normalized spacial score (nSPS) is 10.3. The molecule has 3 aromatic rings. The second-order valence-electron chi connectivity index (χ2n) is 5.87. The lowest BCUT2D eigenvalue weighted by Gasteiger charge is -2.11. The fourth-order valence-corrected chi connectivity index (χ4v) is 2.85. The van der Waals surface area contributed by atoms with Gasteiger partial charge in [0, 0.05) is 16.8 Å². The van der Waals surface area contributed by atoms with E-state index in [9.17, 15) is 4.79 Å². The van der Waals surface area contributed by atoms with E-state index < -0.39 is 0 Å². The molecule has 0 saturated carbocycles. The Morgan fingerprint density at radius 3 is 2.77 bits per heavy atom. The summed E-state index contributed by atoms with van der Waals surface area (Å²) < 4.78 is 5.39. The molecule has 3 rings (SSSR count). The minimum atomic E-state index is -0.298. The average Bonchev–Trinajstić information content (AvgIpc) is 2.67. The van der Waals surface area contributed by atoms with Crippen LogP contribution in [-0.4, -0.2) is 18.0 Å². The first-order valence-electron chi connectivity index (χ1n) is 8.38. The fourth-order valence-electron chi connectivity index (χ4n) is 2.85. The molecule has 0 atom stereocenters. The van der Waals surface area contributed by atoms with Gasteiger partial charge in [-0.15, -0.1) is 0 Å². The Bertz CT molecular complexity index is 976. The average molecular weight is 345 g/mol. The van der Waals surface area contributed by atoms with Crippen LogP contribution in [0.15, 0.2) is 54.6 Å². The molecule has 5 nitrogen and oxygen atoms in total. The SMILES string of the molecule is COc1cccc2ccc(CCc3ccccc3NC(=O)CC#N)nc12. The van der Waals surface area contributed by atoms with Gasteiger partial charge in [0.05, 0.1) is 13.2 Å². The zero-order chi connectivity index (χ0) is 18.4. The van der Waals surface area contributed by atoms with Gasteiger partial charge >= 0.3 is 0 Å². The summed E-state index contributed by atoms with van der Waals surface area (Å²) in [6.07, 6.45) is 1.32. The van der Waals surface area contributed by atoms with Crippen LogP contribution in [0.5, 0.6) is 5.75 Å². The van der Waals surface area contributed by atoms with Gasteiger partial charge in [-0.3, -0.25) is 4.79 Å². The van der Waals surface area contributed by atoms with Crippen molar-refractivity contribution in [2.75, 3.05) is 12.4 Å². The van der Waals surface area contributed by atoms with Gasteiger partial charge in [0.15, 0.2) is 0 Å². The van der Waals surface area contributed by atoms with Crippen LogP contribution in [0.2, 0.25) is 0 Å². The smallest absolute Gasteiger partial charge is 0.238 e. The Morgan fingerprint density at radius 1 is 1.12 bits per heavy atom. The molecule has 1 aromatic heterocycles. The molecule has 0 radical (unpaired) electrons. The lowest BCUT2D eigenvalue weighted by molar-refractivity contribution is -0.115. The van der Waals surface area contributed by atoms with Crippen LogP contribution in [0.4, 0.5) is 5.69 Å². The molecule has 5 heteroatoms. The number of nitrogens with zero attached hydrogens (tertiary/aromatic N) is 2. The molecule has 0 spiro atoms. The lowest BCUT2D eigenvalue weighted by atomic mass is 10.0. The quantitative estimate of drug-likeness (QED) is 0.735. The predicted octanol–water partition coefficient (Wildman–Crippen LogP) is 3.88. The van der Waals surface area contributed by atoms with Crippen LogP contribution < -0.4 is 10.1 Å². The number of pyridine rings is 1. The van der Waals surface area contributed by atoms with Crippen molar-refractivity contribution < 1.29 is 9.53 Å². The second-order valence-corrected chi connectivity index (χ2v) is 5.87. The van der Waals surface area contributed by atoms with Gasteiger partial charge in [-0.2, -0.15) is 5.26 Å². The van der Waals surface area contributed by atoms with Crippen LogP contribution in [0.1, 0.15) is 17.7 Å². The molecule has 0 aliphatic rings. The number of fused-ring (bicyclic) bond motifs is 1. The summed E-state index contributed by atoms with van der Waals surface area (Å²) in [7, 11) is 1.64. The molecular formula is C21H19N3O2. The van der Waals surface area contributed by atoms with E-state index in [0.717, 1.165) is 46.4 Å². The summed E-state index contributed by atoms with van der Waals surface area (Å²) in [6.45, 7) is 0. The highest BCUT2D eigenvalue weighted by molar-refractivity contribution is 5.92. The number of ether oxygens (including phenoxy) is 1. The van der Waals surface area contributed by atoms with Crippen molar-refractivity contribution in [1.29, 1.82) is 5.26 Å². The predicted molar refractivity (Wildman–Crippen MR) is 101 cm³/mol. The Kier molecular flexibility index (Phi) is 5.45. The Hall–Kier alpha value is -3.39. The van der Waals surface area contributed by atoms with Gasteiger partial charge in [0.25, 0.3) is 0 Å². The molecule has 1 N–H and O–H groups in total. The zero-order valence-corrected chi connectivity index (χ0v) is 14.5. The number of rotatable bonds is 6. The molecule has 0 saturated heterocycles. The van der Waals surface area contributed by atoms with Crippen molar-refractivity contribution in [3.63, 3.8) is 0 Å². The van der Waals surface area contributed by atoms with Crippen molar-refractivity contribution >= 4 is 22.5 Å². The first-order chi connectivity index (χ1) is 12.7. The molecule has 0 aliphatic carbocycles. The van der Waals surface area contributed by atoms with Crippen molar-refractivity contribution in [3.05, 3.63) is 65.9 Å². The summed E-state index contributed by atoms with van der Waals surface area (Å²) in [5.41, 5.74) is 3.56. The molecule has 130 valence electrons. The molecular weight excluding hydrogens is 326 g/mol. The zero-order valence-electron chi connectivity index (χ0n) is 14.5. The molecule has 1 amide bonds. The van der Waals surface area contributed by atoms with Gasteiger partial charge in [-0.25, -0.2) is 4.98 Å². The van der Waals surface area contributed by atoms with E-state index in [1.54, 1.807) is 7.11 Å². The monoisotopic (exact) mass is 345 g/mol. The second kappa shape index (κ2) is 8.13. The van der Waals surface area contributed by atoms with Crippen molar-refractivity contribution in [2.24, 2.45) is 0 Å². The number of nitrogens with one attached hydrogen (secondary N) is 1. The van der Waals surface area contributed by atoms with E-state index in [2.05, 4.69) is 5.32 Å². The minimum Gasteiger partial charge on any atom is -0.494 e. The van der Waals surface area contributed by atoms with E-state index in [1.165, 1.54) is 0 Å². The van der Waals surface area contributed by atoms with Gasteiger partial charge in [-0.1, -0.05) is 36.4 Å². The fraction of sp³-hybridized carbons (Fsp3) is 0.190. The number of methoxy groups -OCH3 is 1. The number of hydrogen-bond donors (Lipinski definition) is 1. The summed E-state index contributed by atoms with van der Waals surface area (Å²) in [5, 5.41) is 12.5. The van der Waals surface area contributed by atoms with Crippen LogP contribution in [0, 0.1) is 11.3 Å². The van der Waals surface area contributed by atoms with Gasteiger partial charge in [-0.05, 0) is 36.6 Å². The third-order valence-electron chi connectivity index (χ3n) is 4.14. The number of benzene rings is 2. The van der Waals surface area contributed by atoms with E-state index >= 15 is 0 Å². The third-order valence-corrected chi connectivity index (χ3v) is 4.14. The number of aryl methyl sites for hydroxylation is 2. The Labute approximate surface area is 152 Å². The highest BCUT2D eigenvalue weighted by atomic mass is 16.5. The molecule has 0 bridgehead atoms. The van der Waals surface area contributed by atoms with Crippen LogP contribution >= 0.6 is 0 Å². The van der Waals surface area contributed by atoms with Crippen molar-refractivity contribution in [2.45, 2.75) is 19.3 Å². The minimum absolute atomic E-state index is 0.152. The maximum atomic E-state index is 11.7. The summed E-state index contributed by atoms with van der Waals surface area (Å²) in [5.74, 6) is 0.460. The number of hydrogen-bond acceptors (Lipinski definition) is 4. The summed E-state index contributed by atoms with van der Waals surface area (Å²) >= 11 is 0. The Balaban J connectivity index is 1.78. The van der Waals surface area contributed by atoms with Crippen LogP contribution in [0.25, 0.3) is 10.9 Å². The summed E-state index contributed by atoms with van der Waals surface area (Å²) in [6, 6.07) is 19.4. The topological polar surface area (TPSA) is 75.0 Å². The van der Waals surface area contributed by atoms with Crippen molar-refractivity contribution in [1.82, 2.24) is 4.98 Å². The van der Waals surface area contributed by atoms with E-state index in [-0.39, 0.29) is 12.3 Å². The molecule has 0 aliphatic heterocycles. The van der Waals surface area contributed by atoms with Gasteiger partial charge < -0.3 is 10.1 Å². The number of anilines is 1. The van der Waals surface area contributed by atoms with E-state index in [1.807, 2.05) is 60.7 Å². The maximum absolute atomic E-state index is 11.7. The molecule has 2 aromatic carbocycles. The first-order valence-corrected chi connectivity index (χ1v) is 8.38. The number of aromatic nitrogens is 1. The first kappa shape index (κ1) is 17.4. The largest absolute Gasteiger partial charge is 0.494 e. The lowest BCUT2D eigenvalue weighted by Crippen LogP contribution is -2.12. The highest BCUT2D eigenvalue weighted by Gasteiger charge is 2.08. The third kappa shape index (κ3) is 3.98. The molecule has 0 unspecified atom stereocenters. The van der Waals surface area contributed by atoms with Gasteiger partial charge in [0.2, 0.25) is 5.91 Å². The van der Waals surface area contributed by atoms with E-state index in [0.29, 0.717) is 0 Å². The van der Waals surface area contributed by atoms with Gasteiger partial charge in [0.1, 0.15) is 17.7 Å². The highest BCUT2D eigenvalue weighted by Crippen LogP contribution is 2.24. The van der Waals surface area contributed by atoms with Crippen LogP contribution in [-0.2, 0) is 17.6 Å². The number of amides is 1. The van der Waals surface area contributed by atoms with E-state index in [4.69, 9.17) is 15.0 Å².